The first-order valence-electron chi connectivity index (χ1n) is 4.99. The van der Waals surface area contributed by atoms with Gasteiger partial charge in [0, 0.05) is 5.92 Å². The van der Waals surface area contributed by atoms with Gasteiger partial charge in [0.25, 0.3) is 0 Å². The van der Waals surface area contributed by atoms with E-state index < -0.39 is 11.4 Å². The summed E-state index contributed by atoms with van der Waals surface area (Å²) in [6.45, 7) is 1.96. The molecular weight excluding hydrogens is 176 g/mol. The first-order chi connectivity index (χ1) is 6.70. The van der Waals surface area contributed by atoms with Crippen molar-refractivity contribution in [2.45, 2.75) is 25.7 Å². The average molecular weight is 190 g/mol. The summed E-state index contributed by atoms with van der Waals surface area (Å²) in [6.07, 6.45) is 1.52. The van der Waals surface area contributed by atoms with Crippen LogP contribution in [0.5, 0.6) is 0 Å². The molecule has 2 atom stereocenters. The highest BCUT2D eigenvalue weighted by Crippen LogP contribution is 2.61. The van der Waals surface area contributed by atoms with Gasteiger partial charge in [0.1, 0.15) is 0 Å². The molecule has 2 unspecified atom stereocenters. The van der Waals surface area contributed by atoms with E-state index in [9.17, 15) is 4.79 Å². The van der Waals surface area contributed by atoms with Crippen molar-refractivity contribution < 1.29 is 9.90 Å². The van der Waals surface area contributed by atoms with Gasteiger partial charge in [0.2, 0.25) is 0 Å². The molecule has 0 spiro atoms. The second-order valence-electron chi connectivity index (χ2n) is 3.98. The zero-order valence-electron chi connectivity index (χ0n) is 8.23. The molecule has 14 heavy (non-hydrogen) atoms. The van der Waals surface area contributed by atoms with Crippen LogP contribution < -0.4 is 0 Å². The zero-order chi connectivity index (χ0) is 10.2. The minimum absolute atomic E-state index is 0.228. The van der Waals surface area contributed by atoms with E-state index in [0.29, 0.717) is 0 Å². The molecule has 74 valence electrons. The fraction of sp³-hybridized carbons (Fsp3) is 0.417. The van der Waals surface area contributed by atoms with Gasteiger partial charge in [-0.25, -0.2) is 0 Å². The lowest BCUT2D eigenvalue weighted by atomic mass is 9.96. The van der Waals surface area contributed by atoms with Crippen molar-refractivity contribution in [1.29, 1.82) is 0 Å². The number of carboxylic acid groups (broad SMARTS) is 1. The van der Waals surface area contributed by atoms with Crippen molar-refractivity contribution in [2.24, 2.45) is 5.41 Å². The summed E-state index contributed by atoms with van der Waals surface area (Å²) < 4.78 is 0. The Morgan fingerprint density at radius 3 is 2.57 bits per heavy atom. The average Bonchev–Trinajstić information content (AvgIpc) is 2.95. The predicted molar refractivity (Wildman–Crippen MR) is 54.2 cm³/mol. The number of hydrogen-bond donors (Lipinski definition) is 1. The highest BCUT2D eigenvalue weighted by Gasteiger charge is 2.59. The maximum atomic E-state index is 11.1. The summed E-state index contributed by atoms with van der Waals surface area (Å²) in [5.41, 5.74) is 0.693. The maximum absolute atomic E-state index is 11.1. The van der Waals surface area contributed by atoms with Crippen molar-refractivity contribution in [1.82, 2.24) is 0 Å². The van der Waals surface area contributed by atoms with Gasteiger partial charge in [0.05, 0.1) is 5.41 Å². The minimum Gasteiger partial charge on any atom is -0.481 e. The van der Waals surface area contributed by atoms with E-state index in [1.54, 1.807) is 0 Å². The Morgan fingerprint density at radius 1 is 1.50 bits per heavy atom. The molecule has 1 saturated carbocycles. The topological polar surface area (TPSA) is 37.3 Å². The third-order valence-corrected chi connectivity index (χ3v) is 3.33. The molecular formula is C12H14O2. The molecule has 0 amide bonds. The number of carbonyl (C=O) groups is 1. The summed E-state index contributed by atoms with van der Waals surface area (Å²) in [7, 11) is 0. The number of carboxylic acids is 1. The predicted octanol–water partition coefficient (Wildman–Crippen LogP) is 2.65. The second kappa shape index (κ2) is 3.12. The lowest BCUT2D eigenvalue weighted by molar-refractivity contribution is -0.143. The molecule has 1 aliphatic rings. The van der Waals surface area contributed by atoms with Crippen molar-refractivity contribution >= 4 is 5.97 Å². The normalized spacial score (nSPS) is 29.9. The van der Waals surface area contributed by atoms with Crippen LogP contribution in [-0.2, 0) is 4.79 Å². The van der Waals surface area contributed by atoms with Crippen molar-refractivity contribution in [2.75, 3.05) is 0 Å². The molecule has 1 aliphatic carbocycles. The number of hydrogen-bond acceptors (Lipinski definition) is 1. The highest BCUT2D eigenvalue weighted by atomic mass is 16.4. The Hall–Kier alpha value is -1.31. The molecule has 1 aromatic carbocycles. The summed E-state index contributed by atoms with van der Waals surface area (Å²) in [5, 5.41) is 9.14. The van der Waals surface area contributed by atoms with E-state index >= 15 is 0 Å². The molecule has 0 aromatic heterocycles. The third kappa shape index (κ3) is 1.22. The Morgan fingerprint density at radius 2 is 2.14 bits per heavy atom. The van der Waals surface area contributed by atoms with E-state index in [1.165, 1.54) is 0 Å². The molecule has 1 N–H and O–H groups in total. The fourth-order valence-corrected chi connectivity index (χ4v) is 2.21. The standard InChI is InChI=1S/C12H14O2/c1-2-12(11(13)14)8-10(12)9-6-4-3-5-7-9/h3-7,10H,2,8H2,1H3,(H,13,14). The maximum Gasteiger partial charge on any atom is 0.310 e. The lowest BCUT2D eigenvalue weighted by Crippen LogP contribution is -2.15. The van der Waals surface area contributed by atoms with E-state index in [2.05, 4.69) is 0 Å². The first-order valence-corrected chi connectivity index (χ1v) is 4.99. The van der Waals surface area contributed by atoms with Crippen LogP contribution in [0.4, 0.5) is 0 Å². The van der Waals surface area contributed by atoms with Gasteiger partial charge >= 0.3 is 5.97 Å². The summed E-state index contributed by atoms with van der Waals surface area (Å²) in [4.78, 5) is 11.1. The van der Waals surface area contributed by atoms with E-state index in [-0.39, 0.29) is 5.92 Å². The Labute approximate surface area is 83.6 Å². The van der Waals surface area contributed by atoms with Gasteiger partial charge in [-0.15, -0.1) is 0 Å². The molecule has 2 nitrogen and oxygen atoms in total. The number of benzene rings is 1. The quantitative estimate of drug-likeness (QED) is 0.795. The third-order valence-electron chi connectivity index (χ3n) is 3.33. The van der Waals surface area contributed by atoms with Gasteiger partial charge in [-0.2, -0.15) is 0 Å². The Balaban J connectivity index is 2.22. The Kier molecular flexibility index (Phi) is 2.06. The molecule has 0 heterocycles. The molecule has 1 fully saturated rings. The zero-order valence-corrected chi connectivity index (χ0v) is 8.23. The van der Waals surface area contributed by atoms with Crippen LogP contribution in [0.15, 0.2) is 30.3 Å². The molecule has 0 saturated heterocycles. The summed E-state index contributed by atoms with van der Waals surface area (Å²) in [5.74, 6) is -0.417. The van der Waals surface area contributed by atoms with Crippen molar-refractivity contribution in [3.8, 4) is 0 Å². The lowest BCUT2D eigenvalue weighted by Gasteiger charge is -2.08. The summed E-state index contributed by atoms with van der Waals surface area (Å²) in [6, 6.07) is 9.93. The van der Waals surface area contributed by atoms with Gasteiger partial charge in [-0.05, 0) is 18.4 Å². The van der Waals surface area contributed by atoms with Crippen LogP contribution in [0.3, 0.4) is 0 Å². The van der Waals surface area contributed by atoms with Crippen LogP contribution in [-0.4, -0.2) is 11.1 Å². The molecule has 0 radical (unpaired) electrons. The monoisotopic (exact) mass is 190 g/mol. The molecule has 2 rings (SSSR count). The van der Waals surface area contributed by atoms with Gasteiger partial charge < -0.3 is 5.11 Å². The van der Waals surface area contributed by atoms with Crippen LogP contribution in [0.25, 0.3) is 0 Å². The molecule has 2 heteroatoms. The smallest absolute Gasteiger partial charge is 0.310 e. The van der Waals surface area contributed by atoms with Crippen LogP contribution in [0.2, 0.25) is 0 Å². The molecule has 1 aromatic rings. The van der Waals surface area contributed by atoms with Crippen molar-refractivity contribution in [3.05, 3.63) is 35.9 Å². The minimum atomic E-state index is -0.645. The Bertz CT molecular complexity index is 345. The second-order valence-corrected chi connectivity index (χ2v) is 3.98. The van der Waals surface area contributed by atoms with E-state index in [4.69, 9.17) is 5.11 Å². The van der Waals surface area contributed by atoms with E-state index in [1.807, 2.05) is 37.3 Å². The highest BCUT2D eigenvalue weighted by molar-refractivity contribution is 5.80. The number of aliphatic carboxylic acids is 1. The first kappa shape index (κ1) is 9.25. The van der Waals surface area contributed by atoms with Crippen molar-refractivity contribution in [3.63, 3.8) is 0 Å². The fourth-order valence-electron chi connectivity index (χ4n) is 2.21. The number of rotatable bonds is 3. The van der Waals surface area contributed by atoms with Gasteiger partial charge in [-0.1, -0.05) is 37.3 Å². The van der Waals surface area contributed by atoms with Gasteiger partial charge in [-0.3, -0.25) is 4.79 Å². The van der Waals surface area contributed by atoms with E-state index in [0.717, 1.165) is 18.4 Å². The summed E-state index contributed by atoms with van der Waals surface area (Å²) >= 11 is 0. The van der Waals surface area contributed by atoms with Crippen LogP contribution in [0, 0.1) is 5.41 Å². The largest absolute Gasteiger partial charge is 0.481 e. The molecule has 0 bridgehead atoms. The molecule has 0 aliphatic heterocycles. The SMILES string of the molecule is CCC1(C(=O)O)CC1c1ccccc1. The van der Waals surface area contributed by atoms with Gasteiger partial charge in [0.15, 0.2) is 0 Å². The van der Waals surface area contributed by atoms with Crippen LogP contribution >= 0.6 is 0 Å². The van der Waals surface area contributed by atoms with Crippen LogP contribution in [0.1, 0.15) is 31.2 Å².